The molecule has 1 heterocycles. The second kappa shape index (κ2) is 9.42. The lowest BCUT2D eigenvalue weighted by Gasteiger charge is -2.06. The van der Waals surface area contributed by atoms with Crippen LogP contribution >= 0.6 is 27.7 Å². The molecule has 1 aromatic heterocycles. The topological polar surface area (TPSA) is 115 Å². The molecule has 0 aliphatic carbocycles. The minimum Gasteiger partial charge on any atom is -0.338 e. The summed E-state index contributed by atoms with van der Waals surface area (Å²) in [6, 6.07) is 6.99. The predicted molar refractivity (Wildman–Crippen MR) is 100 cm³/mol. The van der Waals surface area contributed by atoms with Crippen LogP contribution in [-0.2, 0) is 4.79 Å². The third-order valence-corrected chi connectivity index (χ3v) is 4.82. The highest BCUT2D eigenvalue weighted by atomic mass is 79.9. The van der Waals surface area contributed by atoms with E-state index in [1.165, 1.54) is 4.68 Å². The van der Waals surface area contributed by atoms with Gasteiger partial charge in [0.05, 0.1) is 5.75 Å². The first-order chi connectivity index (χ1) is 12.0. The van der Waals surface area contributed by atoms with Crippen LogP contribution in [-0.4, -0.2) is 39.1 Å². The van der Waals surface area contributed by atoms with Crippen molar-refractivity contribution in [3.63, 3.8) is 0 Å². The number of nitrogen functional groups attached to an aromatic ring is 1. The Balaban J connectivity index is 1.91. The zero-order valence-corrected chi connectivity index (χ0v) is 16.1. The highest BCUT2D eigenvalue weighted by Crippen LogP contribution is 2.27. The Morgan fingerprint density at radius 1 is 1.32 bits per heavy atom. The van der Waals surface area contributed by atoms with Crippen LogP contribution < -0.4 is 16.5 Å². The van der Waals surface area contributed by atoms with Gasteiger partial charge in [0.1, 0.15) is 0 Å². The Hall–Kier alpha value is -2.07. The standard InChI is InChI=1S/C15H19BrN6O2S/c1-2-3-8-18-14(24)19-12(23)9-25-15-21-20-13(22(15)17)10-6-4-5-7-11(10)16/h4-7H,2-3,8-9,17H2,1H3,(H2,18,19,23,24). The number of nitrogens with two attached hydrogens (primary N) is 1. The van der Waals surface area contributed by atoms with Crippen LogP contribution in [0.5, 0.6) is 0 Å². The highest BCUT2D eigenvalue weighted by Gasteiger charge is 2.16. The molecular weight excluding hydrogens is 408 g/mol. The van der Waals surface area contributed by atoms with E-state index in [0.717, 1.165) is 34.6 Å². The Kier molecular flexibility index (Phi) is 7.26. The van der Waals surface area contributed by atoms with Gasteiger partial charge >= 0.3 is 6.03 Å². The van der Waals surface area contributed by atoms with E-state index in [2.05, 4.69) is 36.8 Å². The molecule has 4 N–H and O–H groups in total. The van der Waals surface area contributed by atoms with Gasteiger partial charge in [0, 0.05) is 16.6 Å². The predicted octanol–water partition coefficient (Wildman–Crippen LogP) is 2.14. The van der Waals surface area contributed by atoms with Crippen molar-refractivity contribution in [3.8, 4) is 11.4 Å². The first-order valence-electron chi connectivity index (χ1n) is 7.68. The monoisotopic (exact) mass is 426 g/mol. The van der Waals surface area contributed by atoms with Gasteiger partial charge in [-0.3, -0.25) is 10.1 Å². The van der Waals surface area contributed by atoms with Gasteiger partial charge in [0.2, 0.25) is 11.1 Å². The number of hydrogen-bond donors (Lipinski definition) is 3. The SMILES string of the molecule is CCCCNC(=O)NC(=O)CSc1nnc(-c2ccccc2Br)n1N. The van der Waals surface area contributed by atoms with Gasteiger partial charge in [-0.1, -0.05) is 53.2 Å². The van der Waals surface area contributed by atoms with Gasteiger partial charge in [-0.25, -0.2) is 9.47 Å². The number of benzene rings is 1. The number of thioether (sulfide) groups is 1. The molecule has 1 aromatic carbocycles. The van der Waals surface area contributed by atoms with E-state index < -0.39 is 11.9 Å². The van der Waals surface area contributed by atoms with Crippen molar-refractivity contribution in [2.24, 2.45) is 0 Å². The molecular formula is C15H19BrN6O2S. The van der Waals surface area contributed by atoms with Crippen LogP contribution in [0.4, 0.5) is 4.79 Å². The minimum absolute atomic E-state index is 0.00644. The summed E-state index contributed by atoms with van der Waals surface area (Å²) < 4.78 is 2.16. The van der Waals surface area contributed by atoms with Crippen molar-refractivity contribution in [1.29, 1.82) is 0 Å². The molecule has 0 aliphatic heterocycles. The average Bonchev–Trinajstić information content (AvgIpc) is 2.94. The van der Waals surface area contributed by atoms with Crippen molar-refractivity contribution in [2.45, 2.75) is 24.9 Å². The summed E-state index contributed by atoms with van der Waals surface area (Å²) >= 11 is 4.54. The maximum atomic E-state index is 11.8. The van der Waals surface area contributed by atoms with E-state index in [-0.39, 0.29) is 5.75 Å². The summed E-state index contributed by atoms with van der Waals surface area (Å²) in [5.41, 5.74) is 0.795. The Morgan fingerprint density at radius 2 is 2.08 bits per heavy atom. The van der Waals surface area contributed by atoms with Crippen molar-refractivity contribution < 1.29 is 9.59 Å². The maximum Gasteiger partial charge on any atom is 0.321 e. The van der Waals surface area contributed by atoms with Crippen molar-refractivity contribution in [2.75, 3.05) is 18.1 Å². The average molecular weight is 427 g/mol. The normalized spacial score (nSPS) is 10.5. The largest absolute Gasteiger partial charge is 0.338 e. The number of carbonyl (C=O) groups is 2. The molecule has 8 nitrogen and oxygen atoms in total. The van der Waals surface area contributed by atoms with Crippen molar-refractivity contribution in [1.82, 2.24) is 25.5 Å². The summed E-state index contributed by atoms with van der Waals surface area (Å²) in [6.07, 6.45) is 1.83. The van der Waals surface area contributed by atoms with E-state index in [4.69, 9.17) is 5.84 Å². The molecule has 0 unspecified atom stereocenters. The van der Waals surface area contributed by atoms with Crippen molar-refractivity contribution in [3.05, 3.63) is 28.7 Å². The lowest BCUT2D eigenvalue weighted by molar-refractivity contribution is -0.117. The number of unbranched alkanes of at least 4 members (excludes halogenated alkanes) is 1. The minimum atomic E-state index is -0.498. The molecule has 0 radical (unpaired) electrons. The van der Waals surface area contributed by atoms with Crippen LogP contribution in [0.1, 0.15) is 19.8 Å². The molecule has 2 rings (SSSR count). The first kappa shape index (κ1) is 19.3. The number of carbonyl (C=O) groups excluding carboxylic acids is 2. The quantitative estimate of drug-likeness (QED) is 0.354. The van der Waals surface area contributed by atoms with E-state index >= 15 is 0 Å². The van der Waals surface area contributed by atoms with Gasteiger partial charge in [0.15, 0.2) is 5.82 Å². The smallest absolute Gasteiger partial charge is 0.321 e. The number of halogens is 1. The molecule has 0 atom stereocenters. The third-order valence-electron chi connectivity index (χ3n) is 3.18. The van der Waals surface area contributed by atoms with Crippen LogP contribution in [0.2, 0.25) is 0 Å². The van der Waals surface area contributed by atoms with Crippen LogP contribution in [0.15, 0.2) is 33.9 Å². The number of nitrogens with zero attached hydrogens (tertiary/aromatic N) is 3. The molecule has 3 amide bonds. The first-order valence-corrected chi connectivity index (χ1v) is 9.46. The summed E-state index contributed by atoms with van der Waals surface area (Å²) in [5, 5.41) is 13.3. The molecule has 2 aromatic rings. The summed E-state index contributed by atoms with van der Waals surface area (Å²) in [7, 11) is 0. The summed E-state index contributed by atoms with van der Waals surface area (Å²) in [6.45, 7) is 2.56. The molecule has 134 valence electrons. The van der Waals surface area contributed by atoms with E-state index in [0.29, 0.717) is 17.5 Å². The zero-order chi connectivity index (χ0) is 18.2. The lowest BCUT2D eigenvalue weighted by Crippen LogP contribution is -2.40. The van der Waals surface area contributed by atoms with Crippen LogP contribution in [0.25, 0.3) is 11.4 Å². The van der Waals surface area contributed by atoms with Crippen molar-refractivity contribution >= 4 is 39.6 Å². The maximum absolute atomic E-state index is 11.8. The summed E-state index contributed by atoms with van der Waals surface area (Å²) in [4.78, 5) is 23.3. The van der Waals surface area contributed by atoms with E-state index in [9.17, 15) is 9.59 Å². The fourth-order valence-electron chi connectivity index (χ4n) is 1.92. The number of urea groups is 1. The summed E-state index contributed by atoms with van der Waals surface area (Å²) in [5.74, 6) is 6.07. The zero-order valence-electron chi connectivity index (χ0n) is 13.7. The van der Waals surface area contributed by atoms with E-state index in [1.807, 2.05) is 31.2 Å². The van der Waals surface area contributed by atoms with Gasteiger partial charge in [-0.05, 0) is 18.6 Å². The molecule has 0 saturated carbocycles. The second-order valence-electron chi connectivity index (χ2n) is 5.10. The second-order valence-corrected chi connectivity index (χ2v) is 6.90. The molecule has 0 bridgehead atoms. The molecule has 0 aliphatic rings. The number of nitrogens with one attached hydrogen (secondary N) is 2. The van der Waals surface area contributed by atoms with Crippen LogP contribution in [0.3, 0.4) is 0 Å². The fraction of sp³-hybridized carbons (Fsp3) is 0.333. The van der Waals surface area contributed by atoms with Gasteiger partial charge in [-0.2, -0.15) is 0 Å². The fourth-order valence-corrected chi connectivity index (χ4v) is 3.04. The molecule has 0 spiro atoms. The lowest BCUT2D eigenvalue weighted by atomic mass is 10.2. The molecule has 0 fully saturated rings. The Bertz CT molecular complexity index is 751. The van der Waals surface area contributed by atoms with Gasteiger partial charge in [0.25, 0.3) is 0 Å². The number of rotatable bonds is 7. The number of amides is 3. The van der Waals surface area contributed by atoms with Gasteiger partial charge < -0.3 is 11.2 Å². The van der Waals surface area contributed by atoms with Crippen LogP contribution in [0, 0.1) is 0 Å². The third kappa shape index (κ3) is 5.46. The number of hydrogen-bond acceptors (Lipinski definition) is 6. The van der Waals surface area contributed by atoms with E-state index in [1.54, 1.807) is 0 Å². The number of imide groups is 1. The molecule has 10 heteroatoms. The molecule has 0 saturated heterocycles. The van der Waals surface area contributed by atoms with Gasteiger partial charge in [-0.15, -0.1) is 10.2 Å². The molecule has 25 heavy (non-hydrogen) atoms. The Morgan fingerprint density at radius 3 is 2.80 bits per heavy atom. The number of aromatic nitrogens is 3. The highest BCUT2D eigenvalue weighted by molar-refractivity contribution is 9.10. The Labute approximate surface area is 158 Å².